The molecule has 3 aromatic carbocycles. The third kappa shape index (κ3) is 5.10. The number of benzene rings is 3. The Kier molecular flexibility index (Phi) is 6.11. The molecule has 1 heterocycles. The molecule has 172 valence electrons. The van der Waals surface area contributed by atoms with Gasteiger partial charge in [0.1, 0.15) is 0 Å². The van der Waals surface area contributed by atoms with Gasteiger partial charge >= 0.3 is 0 Å². The summed E-state index contributed by atoms with van der Waals surface area (Å²) in [4.78, 5) is 31.2. The first-order chi connectivity index (χ1) is 16.2. The van der Waals surface area contributed by atoms with Gasteiger partial charge in [-0.15, -0.1) is 0 Å². The highest BCUT2D eigenvalue weighted by Crippen LogP contribution is 2.27. The molecule has 0 saturated carbocycles. The van der Waals surface area contributed by atoms with Gasteiger partial charge in [-0.25, -0.2) is 18.4 Å². The highest BCUT2D eigenvalue weighted by Gasteiger charge is 2.19. The SMILES string of the molecule is CC(=O)Nc1ccc(S(=O)(=O)Nc2nc3ccccc3nc2Nc2cccc(C(=O)[O-])c2)cc1. The molecule has 0 aliphatic heterocycles. The number of aromatic carboxylic acids is 1. The van der Waals surface area contributed by atoms with Crippen molar-refractivity contribution in [3.8, 4) is 0 Å². The summed E-state index contributed by atoms with van der Waals surface area (Å²) in [5.74, 6) is -1.63. The van der Waals surface area contributed by atoms with Gasteiger partial charge in [0.05, 0.1) is 21.9 Å². The van der Waals surface area contributed by atoms with Crippen molar-refractivity contribution in [2.75, 3.05) is 15.4 Å². The first-order valence-electron chi connectivity index (χ1n) is 9.97. The molecule has 34 heavy (non-hydrogen) atoms. The number of amides is 1. The van der Waals surface area contributed by atoms with Crippen LogP contribution in [0.1, 0.15) is 17.3 Å². The molecule has 0 spiro atoms. The van der Waals surface area contributed by atoms with E-state index >= 15 is 0 Å². The average molecular weight is 476 g/mol. The standard InChI is InChI=1S/C23H19N5O5S/c1-14(29)24-16-9-11-18(12-10-16)34(32,33)28-22-21(26-19-7-2-3-8-20(19)27-22)25-17-6-4-5-15(13-17)23(30)31/h2-13H,1H3,(H,24,29)(H,25,26)(H,27,28)(H,30,31)/p-1. The monoisotopic (exact) mass is 476 g/mol. The third-order valence-electron chi connectivity index (χ3n) is 4.65. The van der Waals surface area contributed by atoms with E-state index < -0.39 is 16.0 Å². The molecule has 0 radical (unpaired) electrons. The second-order valence-corrected chi connectivity index (χ2v) is 8.90. The molecule has 0 unspecified atom stereocenters. The third-order valence-corrected chi connectivity index (χ3v) is 6.00. The number of carbonyl (C=O) groups excluding carboxylic acids is 2. The van der Waals surface area contributed by atoms with Crippen molar-refractivity contribution in [3.05, 3.63) is 78.4 Å². The summed E-state index contributed by atoms with van der Waals surface area (Å²) < 4.78 is 28.5. The van der Waals surface area contributed by atoms with Crippen molar-refractivity contribution in [2.24, 2.45) is 0 Å². The first kappa shape index (κ1) is 22.7. The first-order valence-corrected chi connectivity index (χ1v) is 11.5. The zero-order valence-corrected chi connectivity index (χ0v) is 18.6. The summed E-state index contributed by atoms with van der Waals surface area (Å²) in [5.41, 5.74) is 1.71. The van der Waals surface area contributed by atoms with Gasteiger partial charge in [-0.05, 0) is 54.1 Å². The Hall–Kier alpha value is -4.51. The number of para-hydroxylation sites is 2. The number of aromatic nitrogens is 2. The van der Waals surface area contributed by atoms with Crippen molar-refractivity contribution in [3.63, 3.8) is 0 Å². The van der Waals surface area contributed by atoms with Crippen molar-refractivity contribution in [1.29, 1.82) is 0 Å². The largest absolute Gasteiger partial charge is 0.545 e. The van der Waals surface area contributed by atoms with E-state index in [1.54, 1.807) is 30.3 Å². The average Bonchev–Trinajstić information content (AvgIpc) is 2.79. The Morgan fingerprint density at radius 3 is 2.09 bits per heavy atom. The second-order valence-electron chi connectivity index (χ2n) is 7.21. The number of hydrogen-bond acceptors (Lipinski definition) is 8. The van der Waals surface area contributed by atoms with Crippen LogP contribution >= 0.6 is 0 Å². The van der Waals surface area contributed by atoms with E-state index in [9.17, 15) is 23.1 Å². The molecule has 0 saturated heterocycles. The van der Waals surface area contributed by atoms with Crippen molar-refractivity contribution < 1.29 is 23.1 Å². The molecule has 1 aromatic heterocycles. The van der Waals surface area contributed by atoms with Gasteiger partial charge in [-0.3, -0.25) is 9.52 Å². The number of carboxylic acids is 1. The van der Waals surface area contributed by atoms with E-state index in [1.807, 2.05) is 0 Å². The van der Waals surface area contributed by atoms with Crippen LogP contribution < -0.4 is 20.5 Å². The quantitative estimate of drug-likeness (QED) is 0.368. The number of hydrogen-bond donors (Lipinski definition) is 3. The van der Waals surface area contributed by atoms with Gasteiger partial charge in [-0.2, -0.15) is 0 Å². The number of carbonyl (C=O) groups is 2. The van der Waals surface area contributed by atoms with Crippen LogP contribution in [0.2, 0.25) is 0 Å². The summed E-state index contributed by atoms with van der Waals surface area (Å²) >= 11 is 0. The summed E-state index contributed by atoms with van der Waals surface area (Å²) in [7, 11) is -4.07. The molecular weight excluding hydrogens is 458 g/mol. The van der Waals surface area contributed by atoms with Gasteiger partial charge in [0, 0.05) is 18.3 Å². The van der Waals surface area contributed by atoms with Gasteiger partial charge in [0.2, 0.25) is 5.91 Å². The molecule has 0 aliphatic carbocycles. The number of sulfonamides is 1. The van der Waals surface area contributed by atoms with Crippen LogP contribution in [0.25, 0.3) is 11.0 Å². The van der Waals surface area contributed by atoms with E-state index in [4.69, 9.17) is 0 Å². The van der Waals surface area contributed by atoms with Gasteiger partial charge in [0.25, 0.3) is 10.0 Å². The molecule has 0 atom stereocenters. The minimum absolute atomic E-state index is 0.0542. The predicted molar refractivity (Wildman–Crippen MR) is 125 cm³/mol. The zero-order chi connectivity index (χ0) is 24.3. The lowest BCUT2D eigenvalue weighted by atomic mass is 10.2. The van der Waals surface area contributed by atoms with Crippen LogP contribution in [0, 0.1) is 0 Å². The molecule has 4 aromatic rings. The van der Waals surface area contributed by atoms with Crippen LogP contribution in [-0.2, 0) is 14.8 Å². The highest BCUT2D eigenvalue weighted by atomic mass is 32.2. The molecule has 10 nitrogen and oxygen atoms in total. The maximum Gasteiger partial charge on any atom is 0.263 e. The Morgan fingerprint density at radius 2 is 1.47 bits per heavy atom. The topological polar surface area (TPSA) is 153 Å². The van der Waals surface area contributed by atoms with E-state index in [0.717, 1.165) is 0 Å². The van der Waals surface area contributed by atoms with Crippen LogP contribution in [-0.4, -0.2) is 30.3 Å². The molecule has 3 N–H and O–H groups in total. The van der Waals surface area contributed by atoms with E-state index in [2.05, 4.69) is 25.3 Å². The number of rotatable bonds is 7. The molecule has 0 fully saturated rings. The molecular formula is C23H18N5O5S-. The number of carboxylic acid groups (broad SMARTS) is 1. The Morgan fingerprint density at radius 1 is 0.824 bits per heavy atom. The van der Waals surface area contributed by atoms with Crippen LogP contribution in [0.3, 0.4) is 0 Å². The normalized spacial score (nSPS) is 11.1. The fourth-order valence-corrected chi connectivity index (χ4v) is 4.13. The van der Waals surface area contributed by atoms with Crippen molar-refractivity contribution >= 4 is 55.9 Å². The molecule has 11 heteroatoms. The summed E-state index contributed by atoms with van der Waals surface area (Å²) in [6, 6.07) is 18.4. The summed E-state index contributed by atoms with van der Waals surface area (Å²) in [6.07, 6.45) is 0. The summed E-state index contributed by atoms with van der Waals surface area (Å²) in [6.45, 7) is 1.35. The van der Waals surface area contributed by atoms with E-state index in [1.165, 1.54) is 49.4 Å². The fourth-order valence-electron chi connectivity index (χ4n) is 3.13. The smallest absolute Gasteiger partial charge is 0.263 e. The van der Waals surface area contributed by atoms with E-state index in [-0.39, 0.29) is 28.0 Å². The minimum atomic E-state index is -4.07. The second kappa shape index (κ2) is 9.16. The van der Waals surface area contributed by atoms with Crippen molar-refractivity contribution in [1.82, 2.24) is 9.97 Å². The lowest BCUT2D eigenvalue weighted by Crippen LogP contribution is -2.22. The fraction of sp³-hybridized carbons (Fsp3) is 0.0435. The molecule has 0 bridgehead atoms. The number of anilines is 4. The maximum absolute atomic E-state index is 13.0. The van der Waals surface area contributed by atoms with Gasteiger partial charge in [-0.1, -0.05) is 24.3 Å². The van der Waals surface area contributed by atoms with Crippen LogP contribution in [0.15, 0.2) is 77.7 Å². The Labute approximate surface area is 194 Å². The lowest BCUT2D eigenvalue weighted by Gasteiger charge is -2.15. The van der Waals surface area contributed by atoms with Gasteiger partial charge < -0.3 is 20.5 Å². The van der Waals surface area contributed by atoms with Crippen LogP contribution in [0.5, 0.6) is 0 Å². The van der Waals surface area contributed by atoms with Crippen LogP contribution in [0.4, 0.5) is 23.0 Å². The zero-order valence-electron chi connectivity index (χ0n) is 17.8. The maximum atomic E-state index is 13.0. The van der Waals surface area contributed by atoms with Crippen molar-refractivity contribution in [2.45, 2.75) is 11.8 Å². The summed E-state index contributed by atoms with van der Waals surface area (Å²) in [5, 5.41) is 16.7. The molecule has 0 aliphatic rings. The molecule has 1 amide bonds. The predicted octanol–water partition coefficient (Wildman–Crippen LogP) is 2.50. The number of fused-ring (bicyclic) bond motifs is 1. The Balaban J connectivity index is 1.71. The lowest BCUT2D eigenvalue weighted by molar-refractivity contribution is -0.255. The number of nitrogens with zero attached hydrogens (tertiary/aromatic N) is 2. The minimum Gasteiger partial charge on any atom is -0.545 e. The Bertz CT molecular complexity index is 1500. The molecule has 4 rings (SSSR count). The van der Waals surface area contributed by atoms with Gasteiger partial charge in [0.15, 0.2) is 11.6 Å². The highest BCUT2D eigenvalue weighted by molar-refractivity contribution is 7.92. The number of nitrogens with one attached hydrogen (secondary N) is 3. The van der Waals surface area contributed by atoms with E-state index in [0.29, 0.717) is 22.4 Å².